The molecule has 1 aliphatic rings. The summed E-state index contributed by atoms with van der Waals surface area (Å²) in [5.74, 6) is 0.791. The highest BCUT2D eigenvalue weighted by Crippen LogP contribution is 2.27. The second-order valence-corrected chi connectivity index (χ2v) is 7.90. The SMILES string of the molecule is O=C(c1ccccc1Cc1ccccc1)N1CCN(c2ncc(Cl)cc2Cl)CC1. The Morgan fingerprint density at radius 2 is 1.62 bits per heavy atom. The third-order valence-electron chi connectivity index (χ3n) is 5.14. The second kappa shape index (κ2) is 8.85. The number of nitrogens with zero attached hydrogens (tertiary/aromatic N) is 3. The van der Waals surface area contributed by atoms with Gasteiger partial charge in [0.05, 0.1) is 10.0 Å². The third kappa shape index (κ3) is 4.55. The number of rotatable bonds is 4. The third-order valence-corrected chi connectivity index (χ3v) is 5.62. The smallest absolute Gasteiger partial charge is 0.254 e. The Labute approximate surface area is 180 Å². The maximum atomic E-state index is 13.2. The predicted octanol–water partition coefficient (Wildman–Crippen LogP) is 4.94. The Hall–Kier alpha value is -2.56. The van der Waals surface area contributed by atoms with E-state index in [-0.39, 0.29) is 5.91 Å². The van der Waals surface area contributed by atoms with Crippen molar-refractivity contribution in [3.05, 3.63) is 93.6 Å². The van der Waals surface area contributed by atoms with Crippen LogP contribution in [0.25, 0.3) is 0 Å². The quantitative estimate of drug-likeness (QED) is 0.593. The van der Waals surface area contributed by atoms with Crippen LogP contribution < -0.4 is 4.90 Å². The van der Waals surface area contributed by atoms with Crippen LogP contribution in [0.4, 0.5) is 5.82 Å². The first kappa shape index (κ1) is 19.7. The number of aromatic nitrogens is 1. The predicted molar refractivity (Wildman–Crippen MR) is 118 cm³/mol. The summed E-state index contributed by atoms with van der Waals surface area (Å²) in [5, 5.41) is 1.05. The number of benzene rings is 2. The molecular weight excluding hydrogens is 405 g/mol. The fraction of sp³-hybridized carbons (Fsp3) is 0.217. The fourth-order valence-electron chi connectivity index (χ4n) is 3.63. The molecule has 1 aliphatic heterocycles. The van der Waals surface area contributed by atoms with E-state index in [0.717, 1.165) is 17.5 Å². The van der Waals surface area contributed by atoms with Crippen molar-refractivity contribution in [1.82, 2.24) is 9.88 Å². The van der Waals surface area contributed by atoms with E-state index < -0.39 is 0 Å². The van der Waals surface area contributed by atoms with Gasteiger partial charge in [0.2, 0.25) is 0 Å². The molecule has 0 saturated carbocycles. The first-order valence-electron chi connectivity index (χ1n) is 9.59. The van der Waals surface area contributed by atoms with E-state index in [0.29, 0.717) is 42.0 Å². The maximum absolute atomic E-state index is 13.2. The Balaban J connectivity index is 1.46. The molecule has 29 heavy (non-hydrogen) atoms. The summed E-state index contributed by atoms with van der Waals surface area (Å²) in [4.78, 5) is 21.6. The summed E-state index contributed by atoms with van der Waals surface area (Å²) in [7, 11) is 0. The van der Waals surface area contributed by atoms with Gasteiger partial charge in [-0.25, -0.2) is 4.98 Å². The van der Waals surface area contributed by atoms with E-state index in [1.807, 2.05) is 47.4 Å². The molecule has 1 amide bonds. The molecule has 0 bridgehead atoms. The Morgan fingerprint density at radius 1 is 0.931 bits per heavy atom. The molecule has 148 valence electrons. The highest BCUT2D eigenvalue weighted by molar-refractivity contribution is 6.36. The topological polar surface area (TPSA) is 36.4 Å². The molecule has 0 radical (unpaired) electrons. The van der Waals surface area contributed by atoms with Crippen LogP contribution >= 0.6 is 23.2 Å². The second-order valence-electron chi connectivity index (χ2n) is 7.06. The zero-order valence-corrected chi connectivity index (χ0v) is 17.4. The molecule has 3 aromatic rings. The number of pyridine rings is 1. The van der Waals surface area contributed by atoms with Gasteiger partial charge in [-0.05, 0) is 29.7 Å². The highest BCUT2D eigenvalue weighted by Gasteiger charge is 2.25. The van der Waals surface area contributed by atoms with Crippen LogP contribution in [0, 0.1) is 0 Å². The number of amides is 1. The van der Waals surface area contributed by atoms with Gasteiger partial charge in [-0.2, -0.15) is 0 Å². The van der Waals surface area contributed by atoms with Crippen molar-refractivity contribution in [2.24, 2.45) is 0 Å². The first-order valence-corrected chi connectivity index (χ1v) is 10.3. The number of halogens is 2. The van der Waals surface area contributed by atoms with Gasteiger partial charge in [0.15, 0.2) is 0 Å². The fourth-order valence-corrected chi connectivity index (χ4v) is 4.13. The molecule has 1 aromatic heterocycles. The van der Waals surface area contributed by atoms with Gasteiger partial charge < -0.3 is 9.80 Å². The average Bonchev–Trinajstić information content (AvgIpc) is 2.75. The molecule has 4 nitrogen and oxygen atoms in total. The molecular formula is C23H21Cl2N3O. The molecule has 1 fully saturated rings. The lowest BCUT2D eigenvalue weighted by Crippen LogP contribution is -2.49. The normalized spacial score (nSPS) is 14.1. The summed E-state index contributed by atoms with van der Waals surface area (Å²) in [5.41, 5.74) is 3.02. The van der Waals surface area contributed by atoms with Gasteiger partial charge in [0, 0.05) is 37.9 Å². The van der Waals surface area contributed by atoms with E-state index in [1.54, 1.807) is 12.3 Å². The van der Waals surface area contributed by atoms with E-state index in [1.165, 1.54) is 5.56 Å². The molecule has 2 heterocycles. The van der Waals surface area contributed by atoms with Crippen molar-refractivity contribution < 1.29 is 4.79 Å². The Bertz CT molecular complexity index is 1000. The molecule has 0 unspecified atom stereocenters. The van der Waals surface area contributed by atoms with Crippen LogP contribution in [-0.4, -0.2) is 42.0 Å². The van der Waals surface area contributed by atoms with Crippen LogP contribution in [0.1, 0.15) is 21.5 Å². The molecule has 0 aliphatic carbocycles. The zero-order valence-electron chi connectivity index (χ0n) is 15.9. The summed E-state index contributed by atoms with van der Waals surface area (Å²) < 4.78 is 0. The van der Waals surface area contributed by atoms with Gasteiger partial charge in [-0.3, -0.25) is 4.79 Å². The molecule has 0 N–H and O–H groups in total. The van der Waals surface area contributed by atoms with Gasteiger partial charge >= 0.3 is 0 Å². The van der Waals surface area contributed by atoms with Crippen LogP contribution in [0.15, 0.2) is 66.9 Å². The lowest BCUT2D eigenvalue weighted by Gasteiger charge is -2.36. The molecule has 2 aromatic carbocycles. The van der Waals surface area contributed by atoms with E-state index in [2.05, 4.69) is 22.0 Å². The number of hydrogen-bond acceptors (Lipinski definition) is 3. The van der Waals surface area contributed by atoms with E-state index in [4.69, 9.17) is 23.2 Å². The minimum atomic E-state index is 0.0753. The van der Waals surface area contributed by atoms with Crippen LogP contribution in [0.2, 0.25) is 10.0 Å². The number of carbonyl (C=O) groups is 1. The zero-order chi connectivity index (χ0) is 20.2. The summed E-state index contributed by atoms with van der Waals surface area (Å²) in [6.45, 7) is 2.61. The van der Waals surface area contributed by atoms with E-state index >= 15 is 0 Å². The number of piperazine rings is 1. The molecule has 0 spiro atoms. The number of hydrogen-bond donors (Lipinski definition) is 0. The van der Waals surface area contributed by atoms with Crippen LogP contribution in [0.3, 0.4) is 0 Å². The first-order chi connectivity index (χ1) is 14.1. The van der Waals surface area contributed by atoms with Crippen molar-refractivity contribution in [1.29, 1.82) is 0 Å². The molecule has 1 saturated heterocycles. The monoisotopic (exact) mass is 425 g/mol. The summed E-state index contributed by atoms with van der Waals surface area (Å²) in [6, 6.07) is 19.8. The standard InChI is InChI=1S/C23H21Cl2N3O/c24-19-15-21(25)22(26-16-19)27-10-12-28(13-11-27)23(29)20-9-5-4-8-18(20)14-17-6-2-1-3-7-17/h1-9,15-16H,10-14H2. The lowest BCUT2D eigenvalue weighted by atomic mass is 9.99. The van der Waals surface area contributed by atoms with E-state index in [9.17, 15) is 4.79 Å². The summed E-state index contributed by atoms with van der Waals surface area (Å²) >= 11 is 12.2. The van der Waals surface area contributed by atoms with Crippen molar-refractivity contribution in [2.75, 3.05) is 31.1 Å². The van der Waals surface area contributed by atoms with Gasteiger partial charge in [0.1, 0.15) is 5.82 Å². The van der Waals surface area contributed by atoms with Gasteiger partial charge in [0.25, 0.3) is 5.91 Å². The van der Waals surface area contributed by atoms with Crippen LogP contribution in [0.5, 0.6) is 0 Å². The van der Waals surface area contributed by atoms with Crippen molar-refractivity contribution >= 4 is 34.9 Å². The highest BCUT2D eigenvalue weighted by atomic mass is 35.5. The Kier molecular flexibility index (Phi) is 6.02. The van der Waals surface area contributed by atoms with Gasteiger partial charge in [-0.1, -0.05) is 71.7 Å². The summed E-state index contributed by atoms with van der Waals surface area (Å²) in [6.07, 6.45) is 2.34. The Morgan fingerprint density at radius 3 is 2.34 bits per heavy atom. The maximum Gasteiger partial charge on any atom is 0.254 e. The minimum absolute atomic E-state index is 0.0753. The van der Waals surface area contributed by atoms with Crippen molar-refractivity contribution in [3.8, 4) is 0 Å². The average molecular weight is 426 g/mol. The number of anilines is 1. The minimum Gasteiger partial charge on any atom is -0.352 e. The van der Waals surface area contributed by atoms with Crippen molar-refractivity contribution in [3.63, 3.8) is 0 Å². The van der Waals surface area contributed by atoms with Gasteiger partial charge in [-0.15, -0.1) is 0 Å². The van der Waals surface area contributed by atoms with Crippen LogP contribution in [-0.2, 0) is 6.42 Å². The lowest BCUT2D eigenvalue weighted by molar-refractivity contribution is 0.0745. The number of carbonyl (C=O) groups excluding carboxylic acids is 1. The largest absolute Gasteiger partial charge is 0.352 e. The molecule has 6 heteroatoms. The molecule has 0 atom stereocenters. The van der Waals surface area contributed by atoms with Crippen molar-refractivity contribution in [2.45, 2.75) is 6.42 Å². The molecule has 4 rings (SSSR count).